The normalized spacial score (nSPS) is 20.4. The minimum absolute atomic E-state index is 0.187. The van der Waals surface area contributed by atoms with E-state index in [2.05, 4.69) is 80.1 Å². The number of aryl methyl sites for hydroxylation is 2. The third kappa shape index (κ3) is 3.70. The Kier molecular flexibility index (Phi) is 4.75. The lowest BCUT2D eigenvalue weighted by molar-refractivity contribution is 0.457. The fourth-order valence-electron chi connectivity index (χ4n) is 3.19. The van der Waals surface area contributed by atoms with Crippen molar-refractivity contribution in [2.45, 2.75) is 38.8 Å². The maximum atomic E-state index is 4.24. The summed E-state index contributed by atoms with van der Waals surface area (Å²) in [4.78, 5) is 0. The third-order valence-electron chi connectivity index (χ3n) is 4.85. The van der Waals surface area contributed by atoms with Crippen molar-refractivity contribution in [2.24, 2.45) is 0 Å². The largest absolute Gasteiger partial charge is 0.379 e. The molecule has 1 aliphatic heterocycles. The second kappa shape index (κ2) is 6.96. The van der Waals surface area contributed by atoms with Crippen LogP contribution >= 0.6 is 0 Å². The Labute approximate surface area is 145 Å². The molecule has 0 amide bonds. The quantitative estimate of drug-likeness (QED) is 0.889. The molecule has 2 aromatic carbocycles. The predicted octanol–water partition coefficient (Wildman–Crippen LogP) is 4.05. The molecule has 1 saturated heterocycles. The molecule has 0 aromatic heterocycles. The summed E-state index contributed by atoms with van der Waals surface area (Å²) in [5.74, 6) is 0. The summed E-state index contributed by atoms with van der Waals surface area (Å²) in [5.41, 5.74) is 7.38. The van der Waals surface area contributed by atoms with Crippen LogP contribution in [0.1, 0.15) is 22.3 Å². The summed E-state index contributed by atoms with van der Waals surface area (Å²) in [7, 11) is 0. The van der Waals surface area contributed by atoms with Gasteiger partial charge < -0.3 is 10.6 Å². The molecular formula is C22H26N2. The van der Waals surface area contributed by atoms with E-state index >= 15 is 0 Å². The van der Waals surface area contributed by atoms with Crippen LogP contribution in [0.25, 0.3) is 0 Å². The van der Waals surface area contributed by atoms with E-state index in [4.69, 9.17) is 0 Å². The van der Waals surface area contributed by atoms with Gasteiger partial charge in [0.1, 0.15) is 0 Å². The molecule has 24 heavy (non-hydrogen) atoms. The van der Waals surface area contributed by atoms with Gasteiger partial charge in [0.15, 0.2) is 0 Å². The van der Waals surface area contributed by atoms with Crippen molar-refractivity contribution < 1.29 is 0 Å². The fraction of sp³-hybridized carbons (Fsp3) is 0.273. The molecule has 2 aromatic rings. The molecule has 2 heteroatoms. The van der Waals surface area contributed by atoms with Crippen LogP contribution in [0.4, 0.5) is 0 Å². The minimum Gasteiger partial charge on any atom is -0.379 e. The van der Waals surface area contributed by atoms with Gasteiger partial charge in [-0.05, 0) is 48.9 Å². The maximum Gasteiger partial charge on any atom is 0.0691 e. The van der Waals surface area contributed by atoms with E-state index in [1.54, 1.807) is 0 Å². The second-order valence-electron chi connectivity index (χ2n) is 6.76. The molecule has 2 atom stereocenters. The van der Waals surface area contributed by atoms with E-state index in [9.17, 15) is 0 Å². The lowest BCUT2D eigenvalue weighted by Crippen LogP contribution is -2.51. The molecule has 1 fully saturated rings. The van der Waals surface area contributed by atoms with Crippen LogP contribution in [0.15, 0.2) is 73.1 Å². The molecule has 0 spiro atoms. The highest BCUT2D eigenvalue weighted by Crippen LogP contribution is 2.19. The van der Waals surface area contributed by atoms with Gasteiger partial charge in [-0.3, -0.25) is 0 Å². The highest BCUT2D eigenvalue weighted by molar-refractivity contribution is 5.33. The molecule has 0 radical (unpaired) electrons. The first kappa shape index (κ1) is 16.4. The highest BCUT2D eigenvalue weighted by Gasteiger charge is 2.26. The summed E-state index contributed by atoms with van der Waals surface area (Å²) >= 11 is 0. The molecule has 124 valence electrons. The molecule has 1 heterocycles. The van der Waals surface area contributed by atoms with E-state index in [0.717, 1.165) is 24.2 Å². The maximum absolute atomic E-state index is 4.24. The Bertz CT molecular complexity index is 746. The zero-order valence-electron chi connectivity index (χ0n) is 14.6. The fourth-order valence-corrected chi connectivity index (χ4v) is 3.19. The molecule has 0 aliphatic carbocycles. The van der Waals surface area contributed by atoms with Crippen LogP contribution in [0.3, 0.4) is 0 Å². The molecule has 2 N–H and O–H groups in total. The van der Waals surface area contributed by atoms with Crippen molar-refractivity contribution in [1.29, 1.82) is 0 Å². The number of nitrogens with one attached hydrogen (secondary N) is 2. The Hall–Kier alpha value is -2.48. The van der Waals surface area contributed by atoms with E-state index < -0.39 is 0 Å². The topological polar surface area (TPSA) is 24.1 Å². The first-order chi connectivity index (χ1) is 11.5. The van der Waals surface area contributed by atoms with Gasteiger partial charge in [-0.2, -0.15) is 0 Å². The van der Waals surface area contributed by atoms with Crippen molar-refractivity contribution in [3.8, 4) is 0 Å². The van der Waals surface area contributed by atoms with Crippen molar-refractivity contribution in [3.63, 3.8) is 0 Å². The number of piperazine rings is 1. The predicted molar refractivity (Wildman–Crippen MR) is 102 cm³/mol. The zero-order chi connectivity index (χ0) is 17.1. The standard InChI is InChI=1S/C22H26N2/c1-15-10-11-20(12-16(15)2)14-22-18(4)23-21(17(3)24-22)13-19-8-6-5-7-9-19/h5-12,21-24H,3-4,13-14H2,1-2H3. The van der Waals surface area contributed by atoms with Crippen molar-refractivity contribution in [2.75, 3.05) is 0 Å². The number of hydrogen-bond acceptors (Lipinski definition) is 2. The average molecular weight is 318 g/mol. The van der Waals surface area contributed by atoms with Gasteiger partial charge in [-0.1, -0.05) is 61.7 Å². The Balaban J connectivity index is 1.66. The van der Waals surface area contributed by atoms with Gasteiger partial charge >= 0.3 is 0 Å². The van der Waals surface area contributed by atoms with Gasteiger partial charge in [0.2, 0.25) is 0 Å². The average Bonchev–Trinajstić information content (AvgIpc) is 2.56. The monoisotopic (exact) mass is 318 g/mol. The molecule has 0 saturated carbocycles. The van der Waals surface area contributed by atoms with E-state index in [1.807, 2.05) is 6.07 Å². The van der Waals surface area contributed by atoms with Gasteiger partial charge in [0.05, 0.1) is 12.1 Å². The number of rotatable bonds is 4. The van der Waals surface area contributed by atoms with Crippen molar-refractivity contribution in [3.05, 3.63) is 95.3 Å². The molecule has 0 bridgehead atoms. The van der Waals surface area contributed by atoms with Gasteiger partial charge in [0, 0.05) is 11.4 Å². The number of hydrogen-bond donors (Lipinski definition) is 2. The first-order valence-corrected chi connectivity index (χ1v) is 8.53. The minimum atomic E-state index is 0.187. The van der Waals surface area contributed by atoms with Crippen LogP contribution in [-0.4, -0.2) is 12.1 Å². The van der Waals surface area contributed by atoms with E-state index in [-0.39, 0.29) is 12.1 Å². The van der Waals surface area contributed by atoms with Crippen molar-refractivity contribution in [1.82, 2.24) is 10.6 Å². The lowest BCUT2D eigenvalue weighted by atomic mass is 9.95. The van der Waals surface area contributed by atoms with Crippen LogP contribution < -0.4 is 10.6 Å². The van der Waals surface area contributed by atoms with Gasteiger partial charge in [-0.25, -0.2) is 0 Å². The lowest BCUT2D eigenvalue weighted by Gasteiger charge is -2.36. The Morgan fingerprint density at radius 1 is 0.750 bits per heavy atom. The summed E-state index contributed by atoms with van der Waals surface area (Å²) in [6, 6.07) is 17.5. The van der Waals surface area contributed by atoms with Gasteiger partial charge in [0.25, 0.3) is 0 Å². The molecule has 1 aliphatic rings. The number of benzene rings is 2. The Morgan fingerprint density at radius 3 is 1.92 bits per heavy atom. The molecule has 3 rings (SSSR count). The highest BCUT2D eigenvalue weighted by atomic mass is 15.1. The third-order valence-corrected chi connectivity index (χ3v) is 4.85. The van der Waals surface area contributed by atoms with Crippen molar-refractivity contribution >= 4 is 0 Å². The zero-order valence-corrected chi connectivity index (χ0v) is 14.6. The van der Waals surface area contributed by atoms with Crippen LogP contribution in [-0.2, 0) is 12.8 Å². The van der Waals surface area contributed by atoms with E-state index in [1.165, 1.54) is 22.3 Å². The summed E-state index contributed by atoms with van der Waals surface area (Å²) in [6.07, 6.45) is 1.84. The molecule has 2 unspecified atom stereocenters. The summed E-state index contributed by atoms with van der Waals surface area (Å²) in [6.45, 7) is 12.8. The van der Waals surface area contributed by atoms with Crippen LogP contribution in [0.2, 0.25) is 0 Å². The van der Waals surface area contributed by atoms with E-state index in [0.29, 0.717) is 0 Å². The van der Waals surface area contributed by atoms with Crippen LogP contribution in [0, 0.1) is 13.8 Å². The summed E-state index contributed by atoms with van der Waals surface area (Å²) in [5, 5.41) is 7.12. The Morgan fingerprint density at radius 2 is 1.33 bits per heavy atom. The molecule has 2 nitrogen and oxygen atoms in total. The molecular weight excluding hydrogens is 292 g/mol. The first-order valence-electron chi connectivity index (χ1n) is 8.53. The smallest absolute Gasteiger partial charge is 0.0691 e. The van der Waals surface area contributed by atoms with Crippen LogP contribution in [0.5, 0.6) is 0 Å². The summed E-state index contributed by atoms with van der Waals surface area (Å²) < 4.78 is 0. The SMILES string of the molecule is C=C1NC(Cc2ccc(C)c(C)c2)C(=C)NC1Cc1ccccc1. The van der Waals surface area contributed by atoms with Gasteiger partial charge in [-0.15, -0.1) is 0 Å². The second-order valence-corrected chi connectivity index (χ2v) is 6.76.